The van der Waals surface area contributed by atoms with Crippen LogP contribution in [0.3, 0.4) is 0 Å². The van der Waals surface area contributed by atoms with Crippen LogP contribution < -0.4 is 14.4 Å². The monoisotopic (exact) mass is 443 g/mol. The number of rotatable bonds is 4. The lowest BCUT2D eigenvalue weighted by Crippen LogP contribution is -2.31. The van der Waals surface area contributed by atoms with E-state index in [1.54, 1.807) is 48.5 Å². The summed E-state index contributed by atoms with van der Waals surface area (Å²) in [5.74, 6) is -0.612. The number of carbonyl (C=O) groups excluding carboxylic acids is 2. The quantitative estimate of drug-likeness (QED) is 0.461. The summed E-state index contributed by atoms with van der Waals surface area (Å²) in [6.07, 6.45) is 1.44. The number of aliphatic hydroxyl groups is 1. The molecule has 0 fully saturated rings. The average Bonchev–Trinajstić information content (AvgIpc) is 3.57. The Balaban J connectivity index is 1.46. The van der Waals surface area contributed by atoms with E-state index in [4.69, 9.17) is 18.3 Å². The fourth-order valence-electron chi connectivity index (χ4n) is 4.23. The van der Waals surface area contributed by atoms with Crippen molar-refractivity contribution in [3.63, 3.8) is 0 Å². The third-order valence-corrected chi connectivity index (χ3v) is 5.72. The number of amides is 1. The number of Topliss-reactive ketones (excluding diaryl/α,β-unsaturated/α-hetero) is 1. The largest absolute Gasteiger partial charge is 0.503 e. The van der Waals surface area contributed by atoms with Crippen LogP contribution in [0, 0.1) is 0 Å². The Morgan fingerprint density at radius 2 is 1.79 bits per heavy atom. The number of ether oxygens (including phenoxy) is 2. The van der Waals surface area contributed by atoms with E-state index in [0.717, 1.165) is 5.39 Å². The number of aliphatic hydroxyl groups excluding tert-OH is 1. The van der Waals surface area contributed by atoms with Crippen molar-refractivity contribution in [3.8, 4) is 11.5 Å². The normalized spacial score (nSPS) is 17.8. The summed E-state index contributed by atoms with van der Waals surface area (Å²) in [6.45, 7) is 0.813. The second kappa shape index (κ2) is 7.30. The first kappa shape index (κ1) is 19.2. The summed E-state index contributed by atoms with van der Waals surface area (Å²) in [6, 6.07) is 16.1. The van der Waals surface area contributed by atoms with E-state index >= 15 is 0 Å². The molecule has 0 saturated heterocycles. The minimum atomic E-state index is -0.990. The second-order valence-electron chi connectivity index (χ2n) is 7.66. The summed E-state index contributed by atoms with van der Waals surface area (Å²) in [4.78, 5) is 28.0. The smallest absolute Gasteiger partial charge is 0.294 e. The molecule has 0 aliphatic carbocycles. The van der Waals surface area contributed by atoms with Crippen molar-refractivity contribution in [2.75, 3.05) is 18.1 Å². The molecule has 8 heteroatoms. The Morgan fingerprint density at radius 1 is 0.970 bits per heavy atom. The molecule has 0 saturated carbocycles. The number of carbonyl (C=O) groups is 2. The highest BCUT2D eigenvalue weighted by Crippen LogP contribution is 2.44. The van der Waals surface area contributed by atoms with Crippen molar-refractivity contribution in [3.05, 3.63) is 89.8 Å². The highest BCUT2D eigenvalue weighted by molar-refractivity contribution is 6.20. The number of fused-ring (bicyclic) bond motifs is 2. The predicted octanol–water partition coefficient (Wildman–Crippen LogP) is 4.58. The van der Waals surface area contributed by atoms with Crippen LogP contribution in [0.2, 0.25) is 0 Å². The van der Waals surface area contributed by atoms with Gasteiger partial charge >= 0.3 is 0 Å². The van der Waals surface area contributed by atoms with Crippen molar-refractivity contribution in [2.45, 2.75) is 6.04 Å². The molecule has 0 spiro atoms. The maximum atomic E-state index is 13.5. The van der Waals surface area contributed by atoms with E-state index < -0.39 is 23.5 Å². The molecular weight excluding hydrogens is 426 g/mol. The Bertz CT molecular complexity index is 1400. The lowest BCUT2D eigenvalue weighted by molar-refractivity contribution is -0.117. The molecule has 4 heterocycles. The van der Waals surface area contributed by atoms with Crippen LogP contribution in [-0.2, 0) is 4.79 Å². The van der Waals surface area contributed by atoms with Gasteiger partial charge in [0.25, 0.3) is 5.91 Å². The Hall–Kier alpha value is -4.46. The van der Waals surface area contributed by atoms with Gasteiger partial charge in [-0.15, -0.1) is 0 Å². The van der Waals surface area contributed by atoms with Crippen LogP contribution in [0.1, 0.15) is 22.4 Å². The first-order valence-corrected chi connectivity index (χ1v) is 10.3. The van der Waals surface area contributed by atoms with E-state index in [1.165, 1.54) is 11.2 Å². The number of hydrogen-bond acceptors (Lipinski definition) is 7. The number of benzene rings is 2. The van der Waals surface area contributed by atoms with Crippen LogP contribution in [0.25, 0.3) is 11.0 Å². The lowest BCUT2D eigenvalue weighted by atomic mass is 9.99. The Kier molecular flexibility index (Phi) is 4.26. The summed E-state index contributed by atoms with van der Waals surface area (Å²) >= 11 is 0. The van der Waals surface area contributed by atoms with Crippen molar-refractivity contribution in [1.82, 2.24) is 0 Å². The molecular formula is C25H17NO7. The minimum Gasteiger partial charge on any atom is -0.503 e. The highest BCUT2D eigenvalue weighted by Gasteiger charge is 2.47. The number of furan rings is 2. The molecule has 1 amide bonds. The van der Waals surface area contributed by atoms with Crippen LogP contribution in [-0.4, -0.2) is 30.0 Å². The molecule has 6 rings (SSSR count). The van der Waals surface area contributed by atoms with Gasteiger partial charge in [-0.1, -0.05) is 18.2 Å². The molecule has 2 aliphatic rings. The van der Waals surface area contributed by atoms with E-state index in [1.807, 2.05) is 12.1 Å². The molecule has 0 bridgehead atoms. The molecule has 0 radical (unpaired) electrons. The van der Waals surface area contributed by atoms with Crippen molar-refractivity contribution in [1.29, 1.82) is 0 Å². The van der Waals surface area contributed by atoms with Crippen LogP contribution >= 0.6 is 0 Å². The summed E-state index contributed by atoms with van der Waals surface area (Å²) in [5, 5.41) is 11.6. The molecule has 33 heavy (non-hydrogen) atoms. The third kappa shape index (κ3) is 2.99. The van der Waals surface area contributed by atoms with E-state index in [-0.39, 0.29) is 11.3 Å². The van der Waals surface area contributed by atoms with E-state index in [9.17, 15) is 14.7 Å². The fraction of sp³-hybridized carbons (Fsp3) is 0.120. The summed E-state index contributed by atoms with van der Waals surface area (Å²) in [5.41, 5.74) is 0.831. The van der Waals surface area contributed by atoms with Gasteiger partial charge in [0.15, 0.2) is 23.0 Å². The van der Waals surface area contributed by atoms with Gasteiger partial charge in [0.2, 0.25) is 5.78 Å². The zero-order valence-electron chi connectivity index (χ0n) is 17.2. The SMILES string of the molecule is O=C(C1=C(O)C(=O)N(c2ccc3c(c2)OCCO3)C1c1ccco1)c1cc2ccccc2o1. The molecule has 4 aromatic rings. The molecule has 1 atom stereocenters. The topological polar surface area (TPSA) is 102 Å². The van der Waals surface area contributed by atoms with Gasteiger partial charge < -0.3 is 23.4 Å². The number of anilines is 1. The van der Waals surface area contributed by atoms with Crippen molar-refractivity contribution >= 4 is 28.3 Å². The lowest BCUT2D eigenvalue weighted by Gasteiger charge is -2.26. The van der Waals surface area contributed by atoms with Crippen LogP contribution in [0.5, 0.6) is 11.5 Å². The zero-order chi connectivity index (χ0) is 22.5. The number of para-hydroxylation sites is 1. The molecule has 2 aromatic carbocycles. The van der Waals surface area contributed by atoms with Gasteiger partial charge in [-0.3, -0.25) is 14.5 Å². The van der Waals surface area contributed by atoms with E-state index in [0.29, 0.717) is 41.7 Å². The van der Waals surface area contributed by atoms with Gasteiger partial charge in [0.1, 0.15) is 30.6 Å². The number of ketones is 1. The van der Waals surface area contributed by atoms with Crippen LogP contribution in [0.4, 0.5) is 5.69 Å². The predicted molar refractivity (Wildman–Crippen MR) is 117 cm³/mol. The van der Waals surface area contributed by atoms with Gasteiger partial charge in [-0.25, -0.2) is 0 Å². The zero-order valence-corrected chi connectivity index (χ0v) is 17.2. The summed E-state index contributed by atoms with van der Waals surface area (Å²) < 4.78 is 22.5. The molecule has 8 nitrogen and oxygen atoms in total. The average molecular weight is 443 g/mol. The third-order valence-electron chi connectivity index (χ3n) is 5.72. The van der Waals surface area contributed by atoms with E-state index in [2.05, 4.69) is 0 Å². The highest BCUT2D eigenvalue weighted by atomic mass is 16.6. The number of nitrogens with zero attached hydrogens (tertiary/aromatic N) is 1. The Labute approximate surface area is 187 Å². The first-order chi connectivity index (χ1) is 16.1. The van der Waals surface area contributed by atoms with Gasteiger partial charge in [0.05, 0.1) is 11.8 Å². The maximum Gasteiger partial charge on any atom is 0.294 e. The molecule has 2 aromatic heterocycles. The maximum absolute atomic E-state index is 13.5. The van der Waals surface area contributed by atoms with Gasteiger partial charge in [0, 0.05) is 17.1 Å². The van der Waals surface area contributed by atoms with Crippen molar-refractivity contribution in [2.24, 2.45) is 0 Å². The molecule has 2 aliphatic heterocycles. The fourth-order valence-corrected chi connectivity index (χ4v) is 4.23. The number of hydrogen-bond donors (Lipinski definition) is 1. The minimum absolute atomic E-state index is 0.0196. The molecule has 1 N–H and O–H groups in total. The van der Waals surface area contributed by atoms with Crippen molar-refractivity contribution < 1.29 is 33.0 Å². The standard InChI is InChI=1S/C25H17NO7/c27-23(20-12-14-4-1-2-5-16(14)33-20)21-22(18-6-3-9-30-18)26(25(29)24(21)28)15-7-8-17-19(13-15)32-11-10-31-17/h1-9,12-13,22,28H,10-11H2. The van der Waals surface area contributed by atoms with Gasteiger partial charge in [-0.2, -0.15) is 0 Å². The molecule has 164 valence electrons. The van der Waals surface area contributed by atoms with Gasteiger partial charge in [-0.05, 0) is 36.4 Å². The first-order valence-electron chi connectivity index (χ1n) is 10.3. The summed E-state index contributed by atoms with van der Waals surface area (Å²) in [7, 11) is 0. The second-order valence-corrected chi connectivity index (χ2v) is 7.66. The van der Waals surface area contributed by atoms with Crippen LogP contribution in [0.15, 0.2) is 87.1 Å². The molecule has 1 unspecified atom stereocenters. The Morgan fingerprint density at radius 3 is 2.58 bits per heavy atom.